The molecule has 0 bridgehead atoms. The highest BCUT2D eigenvalue weighted by Crippen LogP contribution is 2.32. The maximum atomic E-state index is 12.8. The number of aryl methyl sites for hydroxylation is 2. The summed E-state index contributed by atoms with van der Waals surface area (Å²) in [4.78, 5) is 33.7. The first-order valence-electron chi connectivity index (χ1n) is 10.4. The smallest absolute Gasteiger partial charge is 0.350 e. The van der Waals surface area contributed by atoms with Crippen LogP contribution in [0.2, 0.25) is 0 Å². The normalized spacial score (nSPS) is 16.7. The number of carbonyl (C=O) groups is 1. The highest BCUT2D eigenvalue weighted by molar-refractivity contribution is 5.94. The maximum Gasteiger partial charge on any atom is 0.350 e. The number of hydrogen-bond donors (Lipinski definition) is 0. The molecule has 0 radical (unpaired) electrons. The Balaban J connectivity index is 1.47. The van der Waals surface area contributed by atoms with E-state index < -0.39 is 0 Å². The summed E-state index contributed by atoms with van der Waals surface area (Å²) in [5.41, 5.74) is 3.11. The Labute approximate surface area is 173 Å². The second kappa shape index (κ2) is 7.56. The van der Waals surface area contributed by atoms with Crippen LogP contribution in [0.5, 0.6) is 0 Å². The zero-order valence-electron chi connectivity index (χ0n) is 17.0. The van der Waals surface area contributed by atoms with E-state index in [1.807, 2.05) is 30.0 Å². The van der Waals surface area contributed by atoms with Crippen LogP contribution in [0.4, 0.5) is 11.5 Å². The lowest BCUT2D eigenvalue weighted by Crippen LogP contribution is -2.40. The van der Waals surface area contributed by atoms with Gasteiger partial charge in [-0.3, -0.25) is 9.20 Å². The molecular weight excluding hydrogens is 384 g/mol. The first kappa shape index (κ1) is 18.8. The summed E-state index contributed by atoms with van der Waals surface area (Å²) in [5.74, 6) is 0.873. The van der Waals surface area contributed by atoms with Crippen molar-refractivity contribution in [1.29, 1.82) is 0 Å². The molecule has 1 saturated heterocycles. The van der Waals surface area contributed by atoms with E-state index in [4.69, 9.17) is 4.74 Å². The molecule has 0 spiro atoms. The SMILES string of the molecule is CCn1nc2cc(N3CCCc4cc(C(=O)N5CCOCC5)cnc43)ccn2c1=O. The maximum absolute atomic E-state index is 12.8. The molecule has 3 aromatic heterocycles. The van der Waals surface area contributed by atoms with Crippen LogP contribution < -0.4 is 10.6 Å². The second-order valence-corrected chi connectivity index (χ2v) is 7.58. The van der Waals surface area contributed by atoms with E-state index >= 15 is 0 Å². The van der Waals surface area contributed by atoms with Crippen LogP contribution in [0.15, 0.2) is 35.4 Å². The monoisotopic (exact) mass is 408 g/mol. The van der Waals surface area contributed by atoms with Crippen molar-refractivity contribution in [3.8, 4) is 0 Å². The van der Waals surface area contributed by atoms with Crippen LogP contribution in [0.1, 0.15) is 29.3 Å². The van der Waals surface area contributed by atoms with Gasteiger partial charge in [0.2, 0.25) is 0 Å². The quantitative estimate of drug-likeness (QED) is 0.653. The predicted molar refractivity (Wildman–Crippen MR) is 111 cm³/mol. The van der Waals surface area contributed by atoms with Gasteiger partial charge in [-0.2, -0.15) is 0 Å². The van der Waals surface area contributed by atoms with E-state index in [0.717, 1.165) is 36.5 Å². The van der Waals surface area contributed by atoms with Gasteiger partial charge >= 0.3 is 5.69 Å². The topological polar surface area (TPSA) is 85.0 Å². The summed E-state index contributed by atoms with van der Waals surface area (Å²) in [6.07, 6.45) is 5.28. The number of ether oxygens (including phenoxy) is 1. The summed E-state index contributed by atoms with van der Waals surface area (Å²) in [6.45, 7) is 5.65. The summed E-state index contributed by atoms with van der Waals surface area (Å²) >= 11 is 0. The predicted octanol–water partition coefficient (Wildman–Crippen LogP) is 1.47. The zero-order valence-corrected chi connectivity index (χ0v) is 17.0. The standard InChI is InChI=1S/C21H24N6O3/c1-2-27-21(29)26-7-5-17(13-18(26)23-27)25-6-3-4-15-12-16(14-22-19(15)25)20(28)24-8-10-30-11-9-24/h5,7,12-14H,2-4,6,8-11H2,1H3. The van der Waals surface area contributed by atoms with E-state index in [2.05, 4.69) is 15.0 Å². The van der Waals surface area contributed by atoms with Gasteiger partial charge < -0.3 is 14.5 Å². The minimum atomic E-state index is -0.137. The average Bonchev–Trinajstić information content (AvgIpc) is 3.13. The fraction of sp³-hybridized carbons (Fsp3) is 0.429. The van der Waals surface area contributed by atoms with E-state index in [0.29, 0.717) is 44.1 Å². The average molecular weight is 408 g/mol. The molecule has 0 aliphatic carbocycles. The Morgan fingerprint density at radius 2 is 2.03 bits per heavy atom. The Morgan fingerprint density at radius 3 is 2.83 bits per heavy atom. The fourth-order valence-corrected chi connectivity index (χ4v) is 4.16. The number of rotatable bonds is 3. The van der Waals surface area contributed by atoms with Crippen LogP contribution in [0, 0.1) is 0 Å². The van der Waals surface area contributed by atoms with Crippen molar-refractivity contribution in [2.24, 2.45) is 0 Å². The number of fused-ring (bicyclic) bond motifs is 2. The molecule has 2 aliphatic heterocycles. The van der Waals surface area contributed by atoms with E-state index in [9.17, 15) is 9.59 Å². The molecule has 1 fully saturated rings. The number of anilines is 2. The third kappa shape index (κ3) is 3.15. The Kier molecular flexibility index (Phi) is 4.74. The summed E-state index contributed by atoms with van der Waals surface area (Å²) in [6, 6.07) is 5.80. The molecule has 0 saturated carbocycles. The molecular formula is C21H24N6O3. The van der Waals surface area contributed by atoms with Crippen LogP contribution in [-0.2, 0) is 17.7 Å². The Morgan fingerprint density at radius 1 is 1.20 bits per heavy atom. The van der Waals surface area contributed by atoms with Gasteiger partial charge in [0.25, 0.3) is 5.91 Å². The number of nitrogens with zero attached hydrogens (tertiary/aromatic N) is 6. The molecule has 0 aromatic carbocycles. The van der Waals surface area contributed by atoms with E-state index in [1.54, 1.807) is 16.8 Å². The number of hydrogen-bond acceptors (Lipinski definition) is 6. The minimum absolute atomic E-state index is 0.0108. The third-order valence-corrected chi connectivity index (χ3v) is 5.75. The van der Waals surface area contributed by atoms with Crippen LogP contribution >= 0.6 is 0 Å². The number of pyridine rings is 2. The Bertz CT molecular complexity index is 1160. The molecule has 30 heavy (non-hydrogen) atoms. The third-order valence-electron chi connectivity index (χ3n) is 5.75. The molecule has 0 atom stereocenters. The molecule has 9 heteroatoms. The first-order chi connectivity index (χ1) is 14.7. The van der Waals surface area contributed by atoms with Crippen molar-refractivity contribution < 1.29 is 9.53 Å². The van der Waals surface area contributed by atoms with E-state index in [-0.39, 0.29) is 11.6 Å². The van der Waals surface area contributed by atoms with Gasteiger partial charge in [0.05, 0.1) is 18.8 Å². The molecule has 5 heterocycles. The number of aromatic nitrogens is 4. The van der Waals surface area contributed by atoms with Gasteiger partial charge in [-0.1, -0.05) is 0 Å². The van der Waals surface area contributed by atoms with E-state index in [1.165, 1.54) is 4.68 Å². The molecule has 9 nitrogen and oxygen atoms in total. The highest BCUT2D eigenvalue weighted by Gasteiger charge is 2.24. The van der Waals surface area contributed by atoms with Crippen LogP contribution in [0.25, 0.3) is 5.65 Å². The van der Waals surface area contributed by atoms with Crippen molar-refractivity contribution >= 4 is 23.1 Å². The minimum Gasteiger partial charge on any atom is -0.378 e. The van der Waals surface area contributed by atoms with Crippen molar-refractivity contribution in [2.75, 3.05) is 37.7 Å². The highest BCUT2D eigenvalue weighted by atomic mass is 16.5. The largest absolute Gasteiger partial charge is 0.378 e. The van der Waals surface area contributed by atoms with Gasteiger partial charge in [-0.15, -0.1) is 5.10 Å². The number of morpholine rings is 1. The summed E-state index contributed by atoms with van der Waals surface area (Å²) in [7, 11) is 0. The van der Waals surface area contributed by atoms with Crippen molar-refractivity contribution in [2.45, 2.75) is 26.3 Å². The van der Waals surface area contributed by atoms with Crippen LogP contribution in [-0.4, -0.2) is 62.8 Å². The lowest BCUT2D eigenvalue weighted by Gasteiger charge is -2.31. The second-order valence-electron chi connectivity index (χ2n) is 7.58. The number of carbonyl (C=O) groups excluding carboxylic acids is 1. The lowest BCUT2D eigenvalue weighted by molar-refractivity contribution is 0.0302. The molecule has 5 rings (SSSR count). The van der Waals surface area contributed by atoms with Gasteiger partial charge in [-0.05, 0) is 37.5 Å². The van der Waals surface area contributed by atoms with Gasteiger partial charge in [0.15, 0.2) is 5.65 Å². The zero-order chi connectivity index (χ0) is 20.7. The summed E-state index contributed by atoms with van der Waals surface area (Å²) in [5, 5.41) is 4.39. The van der Waals surface area contributed by atoms with Crippen LogP contribution in [0.3, 0.4) is 0 Å². The molecule has 156 valence electrons. The fourth-order valence-electron chi connectivity index (χ4n) is 4.16. The number of amides is 1. The van der Waals surface area contributed by atoms with Crippen molar-refractivity contribution in [3.05, 3.63) is 52.2 Å². The molecule has 1 amide bonds. The van der Waals surface area contributed by atoms with Crippen molar-refractivity contribution in [3.63, 3.8) is 0 Å². The van der Waals surface area contributed by atoms with Crippen molar-refractivity contribution in [1.82, 2.24) is 24.1 Å². The van der Waals surface area contributed by atoms with Gasteiger partial charge in [-0.25, -0.2) is 14.5 Å². The lowest BCUT2D eigenvalue weighted by atomic mass is 10.0. The molecule has 0 unspecified atom stereocenters. The molecule has 3 aromatic rings. The summed E-state index contributed by atoms with van der Waals surface area (Å²) < 4.78 is 8.34. The molecule has 0 N–H and O–H groups in total. The first-order valence-corrected chi connectivity index (χ1v) is 10.4. The van der Waals surface area contributed by atoms with Gasteiger partial charge in [0.1, 0.15) is 5.82 Å². The Hall–Kier alpha value is -3.20. The van der Waals surface area contributed by atoms with Gasteiger partial charge in [0, 0.05) is 50.3 Å². The molecule has 2 aliphatic rings.